The van der Waals surface area contributed by atoms with E-state index in [-0.39, 0.29) is 30.0 Å². The molecule has 0 aliphatic heterocycles. The Balaban J connectivity index is 1.69. The molecule has 1 heterocycles. The van der Waals surface area contributed by atoms with Crippen molar-refractivity contribution in [3.63, 3.8) is 0 Å². The van der Waals surface area contributed by atoms with Gasteiger partial charge in [-0.1, -0.05) is 24.3 Å². The lowest BCUT2D eigenvalue weighted by atomic mass is 9.87. The molecule has 4 rings (SSSR count). The van der Waals surface area contributed by atoms with Gasteiger partial charge in [0.2, 0.25) is 11.8 Å². The number of rotatable bonds is 7. The van der Waals surface area contributed by atoms with E-state index in [0.29, 0.717) is 5.56 Å². The number of hydrogen-bond donors (Lipinski definition) is 2. The monoisotopic (exact) mass is 491 g/mol. The van der Waals surface area contributed by atoms with Crippen LogP contribution in [0.2, 0.25) is 0 Å². The molecule has 0 bridgehead atoms. The van der Waals surface area contributed by atoms with Crippen LogP contribution >= 0.6 is 0 Å². The number of carbonyl (C=O) groups is 2. The first-order valence-electron chi connectivity index (χ1n) is 12.0. The molecule has 0 fully saturated rings. The largest absolute Gasteiger partial charge is 0.337 e. The summed E-state index contributed by atoms with van der Waals surface area (Å²) in [5, 5.41) is 5.40. The molecular weight excluding hydrogens is 461 g/mol. The fourth-order valence-corrected chi connectivity index (χ4v) is 4.48. The van der Waals surface area contributed by atoms with Crippen molar-refractivity contribution in [2.75, 3.05) is 19.4 Å². The Labute approximate surface area is 209 Å². The van der Waals surface area contributed by atoms with Crippen molar-refractivity contribution >= 4 is 17.5 Å². The van der Waals surface area contributed by atoms with Crippen LogP contribution < -0.4 is 16.2 Å². The Morgan fingerprint density at radius 1 is 1.19 bits per heavy atom. The fraction of sp³-hybridized carbons (Fsp3) is 0.333. The summed E-state index contributed by atoms with van der Waals surface area (Å²) < 4.78 is 14.8. The molecule has 2 amide bonds. The van der Waals surface area contributed by atoms with Crippen LogP contribution in [0, 0.1) is 5.82 Å². The summed E-state index contributed by atoms with van der Waals surface area (Å²) in [6.07, 6.45) is 4.03. The van der Waals surface area contributed by atoms with Gasteiger partial charge < -0.3 is 15.5 Å². The molecule has 0 saturated carbocycles. The number of carbonyl (C=O) groups excluding carboxylic acids is 2. The third kappa shape index (κ3) is 5.21. The van der Waals surface area contributed by atoms with Gasteiger partial charge in [0.15, 0.2) is 0 Å². The molecule has 3 aromatic rings. The summed E-state index contributed by atoms with van der Waals surface area (Å²) in [5.41, 5.74) is 2.22. The highest BCUT2D eigenvalue weighted by Gasteiger charge is 2.28. The van der Waals surface area contributed by atoms with Crippen molar-refractivity contribution in [3.05, 3.63) is 82.0 Å². The second kappa shape index (κ2) is 10.8. The van der Waals surface area contributed by atoms with Crippen LogP contribution in [0.1, 0.15) is 36.9 Å². The van der Waals surface area contributed by atoms with Gasteiger partial charge in [-0.3, -0.25) is 19.0 Å². The SMILES string of the molecule is CNC(C)C(=O)Nc1cnc(-c2ccc(F)cc2)n(CC(=O)N(C)C2CCCc3ccccc32)c1=O. The van der Waals surface area contributed by atoms with Crippen LogP contribution in [0.15, 0.2) is 59.5 Å². The number of anilines is 1. The zero-order valence-corrected chi connectivity index (χ0v) is 20.6. The quantitative estimate of drug-likeness (QED) is 0.530. The second-order valence-corrected chi connectivity index (χ2v) is 9.00. The minimum atomic E-state index is -0.563. The Morgan fingerprint density at radius 3 is 2.64 bits per heavy atom. The van der Waals surface area contributed by atoms with Crippen molar-refractivity contribution in [2.24, 2.45) is 0 Å². The lowest BCUT2D eigenvalue weighted by molar-refractivity contribution is -0.133. The van der Waals surface area contributed by atoms with E-state index in [0.717, 1.165) is 24.8 Å². The van der Waals surface area contributed by atoms with E-state index in [1.54, 1.807) is 25.9 Å². The number of likely N-dealkylation sites (N-methyl/N-ethyl adjacent to an activating group) is 2. The molecule has 2 aromatic carbocycles. The predicted octanol–water partition coefficient (Wildman–Crippen LogP) is 3.13. The van der Waals surface area contributed by atoms with Gasteiger partial charge in [0.05, 0.1) is 18.3 Å². The molecule has 1 aromatic heterocycles. The van der Waals surface area contributed by atoms with Crippen LogP contribution in [0.5, 0.6) is 0 Å². The zero-order valence-electron chi connectivity index (χ0n) is 20.6. The standard InChI is InChI=1S/C27H30FN5O3/c1-17(29-2)26(35)31-22-15-30-25(19-11-13-20(28)14-12-19)33(27(22)36)16-24(34)32(3)23-10-6-8-18-7-4-5-9-21(18)23/h4-5,7,9,11-15,17,23,29H,6,8,10,16H2,1-3H3,(H,31,35). The lowest BCUT2D eigenvalue weighted by Gasteiger charge is -2.33. The molecule has 1 aliphatic rings. The number of halogens is 1. The summed E-state index contributed by atoms with van der Waals surface area (Å²) in [4.78, 5) is 45.4. The van der Waals surface area contributed by atoms with Gasteiger partial charge in [-0.05, 0) is 68.6 Å². The van der Waals surface area contributed by atoms with Gasteiger partial charge in [0.1, 0.15) is 23.9 Å². The fourth-order valence-electron chi connectivity index (χ4n) is 4.48. The van der Waals surface area contributed by atoms with E-state index in [9.17, 15) is 18.8 Å². The van der Waals surface area contributed by atoms with E-state index in [1.165, 1.54) is 40.6 Å². The first-order valence-corrected chi connectivity index (χ1v) is 12.0. The van der Waals surface area contributed by atoms with Gasteiger partial charge in [-0.25, -0.2) is 9.37 Å². The summed E-state index contributed by atoms with van der Waals surface area (Å²) >= 11 is 0. The van der Waals surface area contributed by atoms with Gasteiger partial charge in [0.25, 0.3) is 5.56 Å². The van der Waals surface area contributed by atoms with Gasteiger partial charge in [0, 0.05) is 12.6 Å². The van der Waals surface area contributed by atoms with Gasteiger partial charge in [-0.15, -0.1) is 0 Å². The average Bonchev–Trinajstić information content (AvgIpc) is 2.90. The van der Waals surface area contributed by atoms with Crippen LogP contribution in [0.4, 0.5) is 10.1 Å². The van der Waals surface area contributed by atoms with E-state index in [4.69, 9.17) is 0 Å². The minimum absolute atomic E-state index is 0.0357. The number of fused-ring (bicyclic) bond motifs is 1. The molecule has 9 heteroatoms. The number of amides is 2. The number of nitrogens with zero attached hydrogens (tertiary/aromatic N) is 3. The van der Waals surface area contributed by atoms with Crippen molar-refractivity contribution in [2.45, 2.75) is 44.8 Å². The number of aryl methyl sites for hydroxylation is 1. The molecule has 2 atom stereocenters. The molecule has 8 nitrogen and oxygen atoms in total. The van der Waals surface area contributed by atoms with Crippen LogP contribution in [-0.4, -0.2) is 46.4 Å². The summed E-state index contributed by atoms with van der Waals surface area (Å²) in [7, 11) is 3.38. The topological polar surface area (TPSA) is 96.3 Å². The highest BCUT2D eigenvalue weighted by molar-refractivity contribution is 5.94. The first-order chi connectivity index (χ1) is 17.3. The molecule has 1 aliphatic carbocycles. The second-order valence-electron chi connectivity index (χ2n) is 9.00. The minimum Gasteiger partial charge on any atom is -0.337 e. The van der Waals surface area contributed by atoms with Crippen LogP contribution in [0.3, 0.4) is 0 Å². The average molecular weight is 492 g/mol. The number of hydrogen-bond acceptors (Lipinski definition) is 5. The number of nitrogens with one attached hydrogen (secondary N) is 2. The Bertz CT molecular complexity index is 1320. The summed E-state index contributed by atoms with van der Waals surface area (Å²) in [6.45, 7) is 1.38. The summed E-state index contributed by atoms with van der Waals surface area (Å²) in [5.74, 6) is -0.884. The molecule has 188 valence electrons. The molecule has 2 unspecified atom stereocenters. The Kier molecular flexibility index (Phi) is 7.59. The third-order valence-corrected chi connectivity index (χ3v) is 6.73. The van der Waals surface area contributed by atoms with E-state index in [2.05, 4.69) is 21.7 Å². The van der Waals surface area contributed by atoms with Gasteiger partial charge in [-0.2, -0.15) is 0 Å². The van der Waals surface area contributed by atoms with Gasteiger partial charge >= 0.3 is 0 Å². The lowest BCUT2D eigenvalue weighted by Crippen LogP contribution is -2.40. The Morgan fingerprint density at radius 2 is 1.92 bits per heavy atom. The van der Waals surface area contributed by atoms with Crippen LogP contribution in [-0.2, 0) is 22.6 Å². The van der Waals surface area contributed by atoms with Crippen molar-refractivity contribution < 1.29 is 14.0 Å². The first kappa shape index (κ1) is 25.2. The molecule has 0 spiro atoms. The predicted molar refractivity (Wildman–Crippen MR) is 136 cm³/mol. The van der Waals surface area contributed by atoms with Crippen LogP contribution in [0.25, 0.3) is 11.4 Å². The molecule has 2 N–H and O–H groups in total. The summed E-state index contributed by atoms with van der Waals surface area (Å²) in [6, 6.07) is 13.0. The normalized spacial score (nSPS) is 15.6. The zero-order chi connectivity index (χ0) is 25.8. The maximum absolute atomic E-state index is 13.5. The molecule has 0 radical (unpaired) electrons. The highest BCUT2D eigenvalue weighted by atomic mass is 19.1. The van der Waals surface area contributed by atoms with E-state index in [1.807, 2.05) is 18.2 Å². The highest BCUT2D eigenvalue weighted by Crippen LogP contribution is 2.33. The number of benzene rings is 2. The third-order valence-electron chi connectivity index (χ3n) is 6.73. The number of aromatic nitrogens is 2. The van der Waals surface area contributed by atoms with Crippen molar-refractivity contribution in [1.82, 2.24) is 19.8 Å². The van der Waals surface area contributed by atoms with E-state index < -0.39 is 23.3 Å². The maximum atomic E-state index is 13.5. The van der Waals surface area contributed by atoms with Crippen molar-refractivity contribution in [3.8, 4) is 11.4 Å². The Hall–Kier alpha value is -3.85. The molecule has 0 saturated heterocycles. The van der Waals surface area contributed by atoms with E-state index >= 15 is 0 Å². The maximum Gasteiger partial charge on any atom is 0.278 e. The smallest absolute Gasteiger partial charge is 0.278 e. The molecule has 36 heavy (non-hydrogen) atoms. The van der Waals surface area contributed by atoms with Crippen molar-refractivity contribution in [1.29, 1.82) is 0 Å². The molecular formula is C27H30FN5O3.